The number of methoxy groups -OCH3 is 1. The van der Waals surface area contributed by atoms with Crippen LogP contribution in [0.4, 0.5) is 0 Å². The highest BCUT2D eigenvalue weighted by Crippen LogP contribution is 2.08. The predicted octanol–water partition coefficient (Wildman–Crippen LogP) is 1.91. The summed E-state index contributed by atoms with van der Waals surface area (Å²) in [5.41, 5.74) is 1.80. The van der Waals surface area contributed by atoms with E-state index in [4.69, 9.17) is 9.84 Å². The summed E-state index contributed by atoms with van der Waals surface area (Å²) in [4.78, 5) is 23.0. The zero-order valence-corrected chi connectivity index (χ0v) is 12.2. The molecule has 0 aromatic heterocycles. The van der Waals surface area contributed by atoms with Crippen LogP contribution in [0, 0.1) is 0 Å². The van der Waals surface area contributed by atoms with Crippen molar-refractivity contribution in [2.24, 2.45) is 0 Å². The van der Waals surface area contributed by atoms with Crippen molar-refractivity contribution in [2.75, 3.05) is 7.11 Å². The number of benzene rings is 1. The molecule has 114 valence electrons. The second kappa shape index (κ2) is 8.92. The Labute approximate surface area is 124 Å². The predicted molar refractivity (Wildman–Crippen MR) is 79.9 cm³/mol. The van der Waals surface area contributed by atoms with Crippen molar-refractivity contribution < 1.29 is 19.4 Å². The first-order valence-corrected chi connectivity index (χ1v) is 6.76. The third-order valence-electron chi connectivity index (χ3n) is 2.96. The van der Waals surface area contributed by atoms with E-state index in [1.807, 2.05) is 24.3 Å². The van der Waals surface area contributed by atoms with Crippen molar-refractivity contribution in [2.45, 2.75) is 31.9 Å². The molecule has 0 radical (unpaired) electrons. The van der Waals surface area contributed by atoms with Gasteiger partial charge in [-0.25, -0.2) is 4.79 Å². The molecule has 0 spiro atoms. The van der Waals surface area contributed by atoms with Gasteiger partial charge in [0.15, 0.2) is 0 Å². The summed E-state index contributed by atoms with van der Waals surface area (Å²) in [6, 6.07) is 6.59. The van der Waals surface area contributed by atoms with Crippen LogP contribution in [0.5, 0.6) is 0 Å². The van der Waals surface area contributed by atoms with Crippen LogP contribution >= 0.6 is 0 Å². The number of allylic oxidation sites excluding steroid dienone is 1. The topological polar surface area (TPSA) is 75.6 Å². The Morgan fingerprint density at radius 1 is 1.43 bits per heavy atom. The average molecular weight is 291 g/mol. The summed E-state index contributed by atoms with van der Waals surface area (Å²) in [6.07, 6.45) is 2.67. The smallest absolute Gasteiger partial charge is 0.326 e. The Balaban J connectivity index is 2.60. The summed E-state index contributed by atoms with van der Waals surface area (Å²) in [5, 5.41) is 11.6. The number of hydrogen-bond donors (Lipinski definition) is 2. The quantitative estimate of drug-likeness (QED) is 0.681. The van der Waals surface area contributed by atoms with Crippen LogP contribution < -0.4 is 5.32 Å². The first-order valence-electron chi connectivity index (χ1n) is 6.76. The maximum Gasteiger partial charge on any atom is 0.326 e. The molecule has 1 amide bonds. The summed E-state index contributed by atoms with van der Waals surface area (Å²) in [7, 11) is 1.61. The SMILES string of the molecule is C=CCCC(NC(=O)Cc1cccc(COC)c1)C(=O)O. The van der Waals surface area contributed by atoms with Gasteiger partial charge in [-0.15, -0.1) is 6.58 Å². The lowest BCUT2D eigenvalue weighted by Crippen LogP contribution is -2.41. The number of carboxylic acid groups (broad SMARTS) is 1. The van der Waals surface area contributed by atoms with Crippen LogP contribution in [-0.4, -0.2) is 30.1 Å². The summed E-state index contributed by atoms with van der Waals surface area (Å²) < 4.78 is 5.04. The molecular weight excluding hydrogens is 270 g/mol. The van der Waals surface area contributed by atoms with Crippen molar-refractivity contribution in [1.29, 1.82) is 0 Å². The van der Waals surface area contributed by atoms with Gasteiger partial charge in [0.1, 0.15) is 6.04 Å². The summed E-state index contributed by atoms with van der Waals surface area (Å²) in [6.45, 7) is 4.03. The lowest BCUT2D eigenvalue weighted by molar-refractivity contribution is -0.141. The monoisotopic (exact) mass is 291 g/mol. The van der Waals surface area contributed by atoms with E-state index in [-0.39, 0.29) is 12.3 Å². The highest BCUT2D eigenvalue weighted by atomic mass is 16.5. The maximum absolute atomic E-state index is 11.9. The summed E-state index contributed by atoms with van der Waals surface area (Å²) >= 11 is 0. The molecule has 0 aliphatic heterocycles. The van der Waals surface area contributed by atoms with Crippen molar-refractivity contribution in [3.63, 3.8) is 0 Å². The fourth-order valence-corrected chi connectivity index (χ4v) is 1.97. The van der Waals surface area contributed by atoms with Gasteiger partial charge in [-0.05, 0) is 24.0 Å². The van der Waals surface area contributed by atoms with E-state index in [0.717, 1.165) is 11.1 Å². The number of carbonyl (C=O) groups is 2. The van der Waals surface area contributed by atoms with Crippen LogP contribution in [0.3, 0.4) is 0 Å². The molecular formula is C16H21NO4. The van der Waals surface area contributed by atoms with Crippen molar-refractivity contribution in [1.82, 2.24) is 5.32 Å². The van der Waals surface area contributed by atoms with Gasteiger partial charge >= 0.3 is 5.97 Å². The molecule has 0 bridgehead atoms. The first-order chi connectivity index (χ1) is 10.1. The molecule has 0 fully saturated rings. The molecule has 2 N–H and O–H groups in total. The second-order valence-electron chi connectivity index (χ2n) is 4.75. The number of carbonyl (C=O) groups excluding carboxylic acids is 1. The van der Waals surface area contributed by atoms with Crippen molar-refractivity contribution in [3.8, 4) is 0 Å². The number of hydrogen-bond acceptors (Lipinski definition) is 3. The molecule has 0 saturated heterocycles. The van der Waals surface area contributed by atoms with E-state index >= 15 is 0 Å². The van der Waals surface area contributed by atoms with Crippen LogP contribution in [0.15, 0.2) is 36.9 Å². The molecule has 0 saturated carbocycles. The third kappa shape index (κ3) is 6.23. The van der Waals surface area contributed by atoms with Crippen LogP contribution in [0.1, 0.15) is 24.0 Å². The summed E-state index contributed by atoms with van der Waals surface area (Å²) in [5.74, 6) is -1.33. The lowest BCUT2D eigenvalue weighted by Gasteiger charge is -2.13. The van der Waals surface area contributed by atoms with Gasteiger partial charge in [0.2, 0.25) is 5.91 Å². The van der Waals surface area contributed by atoms with Crippen LogP contribution in [0.25, 0.3) is 0 Å². The lowest BCUT2D eigenvalue weighted by atomic mass is 10.1. The molecule has 1 aromatic carbocycles. The normalized spacial score (nSPS) is 11.7. The zero-order valence-electron chi connectivity index (χ0n) is 12.2. The van der Waals surface area contributed by atoms with Crippen LogP contribution in [-0.2, 0) is 27.4 Å². The van der Waals surface area contributed by atoms with E-state index in [0.29, 0.717) is 19.4 Å². The highest BCUT2D eigenvalue weighted by molar-refractivity contribution is 5.84. The molecule has 5 heteroatoms. The van der Waals surface area contributed by atoms with E-state index < -0.39 is 12.0 Å². The molecule has 0 aliphatic rings. The first kappa shape index (κ1) is 16.9. The van der Waals surface area contributed by atoms with E-state index in [2.05, 4.69) is 11.9 Å². The molecule has 1 rings (SSSR count). The third-order valence-corrected chi connectivity index (χ3v) is 2.96. The Morgan fingerprint density at radius 3 is 2.76 bits per heavy atom. The van der Waals surface area contributed by atoms with Gasteiger partial charge in [-0.2, -0.15) is 0 Å². The minimum absolute atomic E-state index is 0.148. The molecule has 1 atom stereocenters. The number of rotatable bonds is 9. The van der Waals surface area contributed by atoms with E-state index in [1.165, 1.54) is 0 Å². The molecule has 1 aromatic rings. The standard InChI is InChI=1S/C16H21NO4/c1-3-4-8-14(16(19)20)17-15(18)10-12-6-5-7-13(9-12)11-21-2/h3,5-7,9,14H,1,4,8,10-11H2,2H3,(H,17,18)(H,19,20). The number of nitrogens with one attached hydrogen (secondary N) is 1. The van der Waals surface area contributed by atoms with Gasteiger partial charge < -0.3 is 15.2 Å². The number of amides is 1. The van der Waals surface area contributed by atoms with Gasteiger partial charge in [0.25, 0.3) is 0 Å². The minimum Gasteiger partial charge on any atom is -0.480 e. The van der Waals surface area contributed by atoms with Crippen molar-refractivity contribution in [3.05, 3.63) is 48.0 Å². The van der Waals surface area contributed by atoms with Gasteiger partial charge in [0.05, 0.1) is 13.0 Å². The molecule has 0 heterocycles. The number of ether oxygens (including phenoxy) is 1. The Hall–Kier alpha value is -2.14. The Kier molecular flexibility index (Phi) is 7.18. The van der Waals surface area contributed by atoms with Crippen LogP contribution in [0.2, 0.25) is 0 Å². The fraction of sp³-hybridized carbons (Fsp3) is 0.375. The average Bonchev–Trinajstić information content (AvgIpc) is 2.44. The van der Waals surface area contributed by atoms with Gasteiger partial charge in [-0.3, -0.25) is 4.79 Å². The largest absolute Gasteiger partial charge is 0.480 e. The van der Waals surface area contributed by atoms with Gasteiger partial charge in [0, 0.05) is 7.11 Å². The zero-order chi connectivity index (χ0) is 15.7. The molecule has 1 unspecified atom stereocenters. The van der Waals surface area contributed by atoms with E-state index in [1.54, 1.807) is 13.2 Å². The minimum atomic E-state index is -1.03. The second-order valence-corrected chi connectivity index (χ2v) is 4.75. The molecule has 5 nitrogen and oxygen atoms in total. The number of aliphatic carboxylic acids is 1. The maximum atomic E-state index is 11.9. The van der Waals surface area contributed by atoms with E-state index in [9.17, 15) is 9.59 Å². The highest BCUT2D eigenvalue weighted by Gasteiger charge is 2.18. The number of carboxylic acids is 1. The van der Waals surface area contributed by atoms with Gasteiger partial charge in [-0.1, -0.05) is 30.3 Å². The van der Waals surface area contributed by atoms with Crippen molar-refractivity contribution >= 4 is 11.9 Å². The Bertz CT molecular complexity index is 499. The molecule has 21 heavy (non-hydrogen) atoms. The fourth-order valence-electron chi connectivity index (χ4n) is 1.97. The Morgan fingerprint density at radius 2 is 2.14 bits per heavy atom. The molecule has 0 aliphatic carbocycles.